The number of aromatic nitrogens is 3. The zero-order valence-corrected chi connectivity index (χ0v) is 8.58. The number of carbonyl (C=O) groups is 1. The molecule has 5 heteroatoms. The molecule has 0 aliphatic heterocycles. The summed E-state index contributed by atoms with van der Waals surface area (Å²) in [6.07, 6.45) is 7.05. The van der Waals surface area contributed by atoms with Gasteiger partial charge in [-0.1, -0.05) is 0 Å². The minimum Gasteiger partial charge on any atom is -0.481 e. The minimum atomic E-state index is -0.768. The first kappa shape index (κ1) is 9.33. The number of nitrogens with zero attached hydrogens (tertiary/aromatic N) is 3. The van der Waals surface area contributed by atoms with E-state index in [0.29, 0.717) is 0 Å². The predicted molar refractivity (Wildman–Crippen MR) is 56.1 cm³/mol. The zero-order valence-electron chi connectivity index (χ0n) is 8.58. The number of fused-ring (bicyclic) bond motifs is 1. The third-order valence-corrected chi connectivity index (χ3v) is 2.99. The lowest BCUT2D eigenvalue weighted by Crippen LogP contribution is -2.14. The van der Waals surface area contributed by atoms with E-state index in [2.05, 4.69) is 10.1 Å². The van der Waals surface area contributed by atoms with Crippen LogP contribution in [-0.2, 0) is 4.79 Å². The Hall–Kier alpha value is -1.91. The highest BCUT2D eigenvalue weighted by Crippen LogP contribution is 2.42. The van der Waals surface area contributed by atoms with Gasteiger partial charge in [-0.25, -0.2) is 9.50 Å². The van der Waals surface area contributed by atoms with Crippen molar-refractivity contribution in [1.82, 2.24) is 14.6 Å². The molecule has 1 unspecified atom stereocenters. The van der Waals surface area contributed by atoms with Crippen LogP contribution in [0.2, 0.25) is 0 Å². The molecule has 82 valence electrons. The molecule has 3 rings (SSSR count). The van der Waals surface area contributed by atoms with Crippen LogP contribution in [-0.4, -0.2) is 25.7 Å². The van der Waals surface area contributed by atoms with E-state index in [1.165, 1.54) is 0 Å². The standard InChI is InChI=1S/C11H11N3O2/c15-11(16)10(7-1-2-7)8-5-12-9-3-4-13-14(9)6-8/h3-7,10H,1-2H2,(H,15,16). The topological polar surface area (TPSA) is 67.5 Å². The first-order valence-electron chi connectivity index (χ1n) is 5.28. The maximum atomic E-state index is 11.2. The van der Waals surface area contributed by atoms with E-state index in [1.54, 1.807) is 29.2 Å². The lowest BCUT2D eigenvalue weighted by molar-refractivity contribution is -0.139. The summed E-state index contributed by atoms with van der Waals surface area (Å²) in [6, 6.07) is 1.79. The molecule has 1 atom stereocenters. The average Bonchev–Trinajstić information content (AvgIpc) is 2.96. The fourth-order valence-electron chi connectivity index (χ4n) is 2.03. The van der Waals surface area contributed by atoms with Gasteiger partial charge in [0.05, 0.1) is 12.1 Å². The molecule has 1 fully saturated rings. The highest BCUT2D eigenvalue weighted by atomic mass is 16.4. The van der Waals surface area contributed by atoms with Gasteiger partial charge in [0, 0.05) is 24.0 Å². The molecule has 0 amide bonds. The summed E-state index contributed by atoms with van der Waals surface area (Å²) in [5.74, 6) is -0.927. The number of hydrogen-bond acceptors (Lipinski definition) is 3. The molecule has 1 N–H and O–H groups in total. The van der Waals surface area contributed by atoms with Crippen LogP contribution in [0, 0.1) is 5.92 Å². The highest BCUT2D eigenvalue weighted by molar-refractivity contribution is 5.76. The van der Waals surface area contributed by atoms with Crippen LogP contribution in [0.15, 0.2) is 24.7 Å². The maximum absolute atomic E-state index is 11.2. The van der Waals surface area contributed by atoms with Gasteiger partial charge in [0.2, 0.25) is 0 Å². The van der Waals surface area contributed by atoms with Gasteiger partial charge in [0.1, 0.15) is 0 Å². The summed E-state index contributed by atoms with van der Waals surface area (Å²) >= 11 is 0. The van der Waals surface area contributed by atoms with Gasteiger partial charge in [-0.2, -0.15) is 5.10 Å². The van der Waals surface area contributed by atoms with Crippen LogP contribution in [0.1, 0.15) is 24.3 Å². The van der Waals surface area contributed by atoms with Crippen molar-refractivity contribution in [2.24, 2.45) is 5.92 Å². The van der Waals surface area contributed by atoms with Gasteiger partial charge < -0.3 is 5.11 Å². The van der Waals surface area contributed by atoms with Crippen molar-refractivity contribution in [3.8, 4) is 0 Å². The van der Waals surface area contributed by atoms with Crippen molar-refractivity contribution < 1.29 is 9.90 Å². The number of hydrogen-bond donors (Lipinski definition) is 1. The molecule has 16 heavy (non-hydrogen) atoms. The zero-order chi connectivity index (χ0) is 11.1. The van der Waals surface area contributed by atoms with Gasteiger partial charge in [-0.05, 0) is 18.8 Å². The van der Waals surface area contributed by atoms with Crippen molar-refractivity contribution >= 4 is 11.6 Å². The van der Waals surface area contributed by atoms with E-state index in [-0.39, 0.29) is 5.92 Å². The van der Waals surface area contributed by atoms with Gasteiger partial charge in [-0.3, -0.25) is 4.79 Å². The normalized spacial score (nSPS) is 17.5. The SMILES string of the molecule is O=C(O)C(c1cnc2ccnn2c1)C1CC1. The Bertz CT molecular complexity index is 545. The summed E-state index contributed by atoms with van der Waals surface area (Å²) in [7, 11) is 0. The lowest BCUT2D eigenvalue weighted by Gasteiger charge is -2.10. The van der Waals surface area contributed by atoms with Crippen molar-refractivity contribution in [3.63, 3.8) is 0 Å². The molecule has 0 spiro atoms. The van der Waals surface area contributed by atoms with Gasteiger partial charge in [0.25, 0.3) is 0 Å². The van der Waals surface area contributed by atoms with Crippen LogP contribution in [0.3, 0.4) is 0 Å². The Kier molecular flexibility index (Phi) is 1.92. The quantitative estimate of drug-likeness (QED) is 0.841. The van der Waals surface area contributed by atoms with Crippen LogP contribution in [0.25, 0.3) is 5.65 Å². The maximum Gasteiger partial charge on any atom is 0.311 e. The lowest BCUT2D eigenvalue weighted by atomic mass is 9.97. The second-order valence-electron chi connectivity index (χ2n) is 4.17. The summed E-state index contributed by atoms with van der Waals surface area (Å²) in [5.41, 5.74) is 1.48. The fraction of sp³-hybridized carbons (Fsp3) is 0.364. The third-order valence-electron chi connectivity index (χ3n) is 2.99. The molecule has 1 aliphatic carbocycles. The van der Waals surface area contributed by atoms with Crippen molar-refractivity contribution in [2.75, 3.05) is 0 Å². The summed E-state index contributed by atoms with van der Waals surface area (Å²) < 4.78 is 1.62. The Morgan fingerprint density at radius 3 is 3.06 bits per heavy atom. The van der Waals surface area contributed by atoms with Crippen LogP contribution < -0.4 is 0 Å². The second-order valence-corrected chi connectivity index (χ2v) is 4.17. The largest absolute Gasteiger partial charge is 0.481 e. The molecule has 2 aromatic rings. The van der Waals surface area contributed by atoms with Crippen LogP contribution >= 0.6 is 0 Å². The minimum absolute atomic E-state index is 0.271. The first-order valence-corrected chi connectivity index (χ1v) is 5.28. The van der Waals surface area contributed by atoms with E-state index in [0.717, 1.165) is 24.1 Å². The van der Waals surface area contributed by atoms with Gasteiger partial charge >= 0.3 is 5.97 Å². The Morgan fingerprint density at radius 1 is 1.56 bits per heavy atom. The molecule has 0 saturated heterocycles. The van der Waals surface area contributed by atoms with Gasteiger partial charge in [0.15, 0.2) is 5.65 Å². The highest BCUT2D eigenvalue weighted by Gasteiger charge is 2.37. The fourth-order valence-corrected chi connectivity index (χ4v) is 2.03. The molecule has 2 aromatic heterocycles. The monoisotopic (exact) mass is 217 g/mol. The molecular weight excluding hydrogens is 206 g/mol. The average molecular weight is 217 g/mol. The Balaban J connectivity index is 2.05. The van der Waals surface area contributed by atoms with E-state index >= 15 is 0 Å². The smallest absolute Gasteiger partial charge is 0.311 e. The van der Waals surface area contributed by atoms with Crippen LogP contribution in [0.4, 0.5) is 0 Å². The number of aliphatic carboxylic acids is 1. The Labute approximate surface area is 91.7 Å². The number of rotatable bonds is 3. The molecule has 2 heterocycles. The summed E-state index contributed by atoms with van der Waals surface area (Å²) in [6.45, 7) is 0. The third kappa shape index (κ3) is 1.44. The summed E-state index contributed by atoms with van der Waals surface area (Å²) in [4.78, 5) is 15.4. The second kappa shape index (κ2) is 3.30. The molecule has 1 saturated carbocycles. The van der Waals surface area contributed by atoms with Crippen LogP contribution in [0.5, 0.6) is 0 Å². The van der Waals surface area contributed by atoms with E-state index in [9.17, 15) is 9.90 Å². The first-order chi connectivity index (χ1) is 7.75. The van der Waals surface area contributed by atoms with Gasteiger partial charge in [-0.15, -0.1) is 0 Å². The molecule has 0 bridgehead atoms. The molecule has 0 aromatic carbocycles. The number of carboxylic acids is 1. The van der Waals surface area contributed by atoms with Crippen molar-refractivity contribution in [3.05, 3.63) is 30.2 Å². The van der Waals surface area contributed by atoms with Crippen molar-refractivity contribution in [1.29, 1.82) is 0 Å². The van der Waals surface area contributed by atoms with E-state index in [1.807, 2.05) is 0 Å². The molecule has 0 radical (unpaired) electrons. The Morgan fingerprint density at radius 2 is 2.38 bits per heavy atom. The molecule has 5 nitrogen and oxygen atoms in total. The van der Waals surface area contributed by atoms with Crippen molar-refractivity contribution in [2.45, 2.75) is 18.8 Å². The molecular formula is C11H11N3O2. The van der Waals surface area contributed by atoms with E-state index in [4.69, 9.17) is 0 Å². The predicted octanol–water partition coefficient (Wildman–Crippen LogP) is 1.31. The molecule has 1 aliphatic rings. The number of carboxylic acid groups (broad SMARTS) is 1. The summed E-state index contributed by atoms with van der Waals surface area (Å²) in [5, 5.41) is 13.3. The van der Waals surface area contributed by atoms with E-state index < -0.39 is 11.9 Å².